The lowest BCUT2D eigenvalue weighted by molar-refractivity contribution is 0.430. The lowest BCUT2D eigenvalue weighted by Gasteiger charge is -2.11. The minimum absolute atomic E-state index is 0.0295. The Morgan fingerprint density at radius 1 is 1.31 bits per heavy atom. The highest BCUT2D eigenvalue weighted by molar-refractivity contribution is 5.77. The molecule has 1 rings (SSSR count). The van der Waals surface area contributed by atoms with Crippen LogP contribution in [-0.4, -0.2) is 6.67 Å². The van der Waals surface area contributed by atoms with Crippen LogP contribution in [0.3, 0.4) is 0 Å². The molecule has 0 amide bonds. The molecular formula is C15H19F. The van der Waals surface area contributed by atoms with Crippen molar-refractivity contribution in [2.24, 2.45) is 5.92 Å². The lowest BCUT2D eigenvalue weighted by atomic mass is 9.95. The molecule has 1 heteroatoms. The highest BCUT2D eigenvalue weighted by atomic mass is 19.1. The maximum atomic E-state index is 12.5. The normalized spacial score (nSPS) is 13.6. The molecule has 0 aliphatic rings. The third-order valence-electron chi connectivity index (χ3n) is 2.59. The highest BCUT2D eigenvalue weighted by Gasteiger charge is 2.05. The Morgan fingerprint density at radius 2 is 1.88 bits per heavy atom. The summed E-state index contributed by atoms with van der Waals surface area (Å²) >= 11 is 0. The molecule has 0 aromatic heterocycles. The predicted molar refractivity (Wildman–Crippen MR) is 69.9 cm³/mol. The van der Waals surface area contributed by atoms with Gasteiger partial charge in [0.05, 0.1) is 6.67 Å². The van der Waals surface area contributed by atoms with Crippen molar-refractivity contribution < 1.29 is 4.39 Å². The molecule has 0 heterocycles. The van der Waals surface area contributed by atoms with Crippen molar-refractivity contribution >= 4 is 11.1 Å². The molecule has 0 radical (unpaired) electrons. The zero-order valence-corrected chi connectivity index (χ0v) is 10.3. The summed E-state index contributed by atoms with van der Waals surface area (Å²) in [5, 5.41) is 0. The summed E-state index contributed by atoms with van der Waals surface area (Å²) in [5.41, 5.74) is 4.44. The molecule has 0 spiro atoms. The molecule has 0 nitrogen and oxygen atoms in total. The number of hydrogen-bond donors (Lipinski definition) is 0. The average molecular weight is 218 g/mol. The van der Waals surface area contributed by atoms with Crippen LogP contribution >= 0.6 is 0 Å². The van der Waals surface area contributed by atoms with E-state index < -0.39 is 0 Å². The fraction of sp³-hybridized carbons (Fsp3) is 0.333. The quantitative estimate of drug-likeness (QED) is 0.685. The second-order valence-electron chi connectivity index (χ2n) is 4.31. The fourth-order valence-corrected chi connectivity index (χ4v) is 1.76. The monoisotopic (exact) mass is 218 g/mol. The van der Waals surface area contributed by atoms with E-state index >= 15 is 0 Å². The first-order valence-corrected chi connectivity index (χ1v) is 5.56. The number of hydrogen-bond acceptors (Lipinski definition) is 0. The van der Waals surface area contributed by atoms with Crippen LogP contribution in [0.5, 0.6) is 0 Å². The van der Waals surface area contributed by atoms with E-state index in [1.54, 1.807) is 0 Å². The van der Waals surface area contributed by atoms with E-state index in [9.17, 15) is 4.39 Å². The first-order valence-electron chi connectivity index (χ1n) is 5.56. The Labute approximate surface area is 97.5 Å². The van der Waals surface area contributed by atoms with Gasteiger partial charge in [0.15, 0.2) is 0 Å². The van der Waals surface area contributed by atoms with Gasteiger partial charge in [-0.3, -0.25) is 4.39 Å². The second-order valence-corrected chi connectivity index (χ2v) is 4.31. The maximum absolute atomic E-state index is 12.5. The first-order chi connectivity index (χ1) is 7.56. The SMILES string of the molecule is C=C(C)c1ccccc1/C(C)=C\C(C)CF. The number of allylic oxidation sites excluding steroid dienone is 3. The van der Waals surface area contributed by atoms with Gasteiger partial charge in [0, 0.05) is 5.92 Å². The molecule has 0 N–H and O–H groups in total. The van der Waals surface area contributed by atoms with E-state index in [0.717, 1.165) is 22.3 Å². The summed E-state index contributed by atoms with van der Waals surface area (Å²) in [7, 11) is 0. The van der Waals surface area contributed by atoms with Crippen molar-refractivity contribution in [1.82, 2.24) is 0 Å². The van der Waals surface area contributed by atoms with E-state index in [-0.39, 0.29) is 12.6 Å². The van der Waals surface area contributed by atoms with Crippen LogP contribution in [0.2, 0.25) is 0 Å². The van der Waals surface area contributed by atoms with Gasteiger partial charge in [-0.1, -0.05) is 49.4 Å². The Hall–Kier alpha value is -1.37. The zero-order chi connectivity index (χ0) is 12.1. The van der Waals surface area contributed by atoms with Gasteiger partial charge in [-0.2, -0.15) is 0 Å². The summed E-state index contributed by atoms with van der Waals surface area (Å²) in [6, 6.07) is 8.11. The minimum Gasteiger partial charge on any atom is -0.250 e. The number of benzene rings is 1. The van der Waals surface area contributed by atoms with Gasteiger partial charge in [-0.25, -0.2) is 0 Å². The molecule has 1 aromatic rings. The van der Waals surface area contributed by atoms with Gasteiger partial charge in [0.25, 0.3) is 0 Å². The van der Waals surface area contributed by atoms with Gasteiger partial charge >= 0.3 is 0 Å². The van der Waals surface area contributed by atoms with Crippen LogP contribution in [0, 0.1) is 5.92 Å². The van der Waals surface area contributed by atoms with Crippen LogP contribution in [0.1, 0.15) is 31.9 Å². The van der Waals surface area contributed by atoms with Crippen molar-refractivity contribution in [3.8, 4) is 0 Å². The summed E-state index contributed by atoms with van der Waals surface area (Å²) in [6.07, 6.45) is 1.97. The maximum Gasteiger partial charge on any atom is 0.0954 e. The van der Waals surface area contributed by atoms with Crippen molar-refractivity contribution in [3.05, 3.63) is 48.0 Å². The van der Waals surface area contributed by atoms with Gasteiger partial charge in [0.1, 0.15) is 0 Å². The molecule has 0 bridgehead atoms. The zero-order valence-electron chi connectivity index (χ0n) is 10.3. The van der Waals surface area contributed by atoms with Crippen LogP contribution in [0.15, 0.2) is 36.9 Å². The van der Waals surface area contributed by atoms with Crippen LogP contribution in [0.25, 0.3) is 11.1 Å². The summed E-state index contributed by atoms with van der Waals surface area (Å²) in [5.74, 6) is -0.0295. The smallest absolute Gasteiger partial charge is 0.0954 e. The molecule has 1 aromatic carbocycles. The second kappa shape index (κ2) is 5.64. The van der Waals surface area contributed by atoms with E-state index in [1.165, 1.54) is 0 Å². The van der Waals surface area contributed by atoms with Gasteiger partial charge in [-0.05, 0) is 30.5 Å². The van der Waals surface area contributed by atoms with E-state index in [1.807, 2.05) is 39.0 Å². The molecule has 1 unspecified atom stereocenters. The van der Waals surface area contributed by atoms with Crippen molar-refractivity contribution in [2.75, 3.05) is 6.67 Å². The standard InChI is InChI=1S/C15H19F/c1-11(2)14-7-5-6-8-15(14)13(4)9-12(3)10-16/h5-9,12H,1,10H2,2-4H3/b13-9-. The molecule has 0 aliphatic carbocycles. The van der Waals surface area contributed by atoms with Gasteiger partial charge < -0.3 is 0 Å². The highest BCUT2D eigenvalue weighted by Crippen LogP contribution is 2.25. The molecule has 0 saturated carbocycles. The van der Waals surface area contributed by atoms with E-state index in [0.29, 0.717) is 0 Å². The van der Waals surface area contributed by atoms with Crippen LogP contribution < -0.4 is 0 Å². The number of rotatable bonds is 4. The Bertz CT molecular complexity index is 402. The van der Waals surface area contributed by atoms with Gasteiger partial charge in [0.2, 0.25) is 0 Å². The average Bonchev–Trinajstić information content (AvgIpc) is 2.28. The largest absolute Gasteiger partial charge is 0.250 e. The summed E-state index contributed by atoms with van der Waals surface area (Å²) < 4.78 is 12.5. The van der Waals surface area contributed by atoms with E-state index in [2.05, 4.69) is 18.7 Å². The van der Waals surface area contributed by atoms with Crippen molar-refractivity contribution in [2.45, 2.75) is 20.8 Å². The number of alkyl halides is 1. The summed E-state index contributed by atoms with van der Waals surface area (Å²) in [4.78, 5) is 0. The first kappa shape index (κ1) is 12.7. The van der Waals surface area contributed by atoms with Crippen LogP contribution in [0.4, 0.5) is 4.39 Å². The third-order valence-corrected chi connectivity index (χ3v) is 2.59. The van der Waals surface area contributed by atoms with Crippen molar-refractivity contribution in [1.29, 1.82) is 0 Å². The lowest BCUT2D eigenvalue weighted by Crippen LogP contribution is -1.94. The van der Waals surface area contributed by atoms with E-state index in [4.69, 9.17) is 0 Å². The Balaban J connectivity index is 3.13. The predicted octanol–water partition coefficient (Wildman–Crippen LogP) is 4.73. The fourth-order valence-electron chi connectivity index (χ4n) is 1.76. The molecule has 0 aliphatic heterocycles. The third kappa shape index (κ3) is 3.06. The van der Waals surface area contributed by atoms with Crippen LogP contribution in [-0.2, 0) is 0 Å². The summed E-state index contributed by atoms with van der Waals surface area (Å²) in [6.45, 7) is 9.55. The molecule has 1 atom stereocenters. The van der Waals surface area contributed by atoms with Gasteiger partial charge in [-0.15, -0.1) is 0 Å². The Kier molecular flexibility index (Phi) is 4.48. The molecular weight excluding hydrogens is 199 g/mol. The Morgan fingerprint density at radius 3 is 2.38 bits per heavy atom. The molecule has 0 fully saturated rings. The number of halogens is 1. The molecule has 0 saturated heterocycles. The topological polar surface area (TPSA) is 0 Å². The minimum atomic E-state index is -0.313. The molecule has 16 heavy (non-hydrogen) atoms. The van der Waals surface area contributed by atoms with Crippen molar-refractivity contribution in [3.63, 3.8) is 0 Å². The molecule has 86 valence electrons.